The molecular formula is C15H11ClFN3O2. The van der Waals surface area contributed by atoms with Gasteiger partial charge >= 0.3 is 5.97 Å². The van der Waals surface area contributed by atoms with E-state index in [0.29, 0.717) is 5.56 Å². The maximum Gasteiger partial charge on any atom is 0.356 e. The SMILES string of the molecule is Cn1ccc2c(-c3nc(C(=O)O)c(Cl)c(N)c3F)cccc21. The van der Waals surface area contributed by atoms with E-state index in [1.54, 1.807) is 18.2 Å². The number of aryl methyl sites for hydroxylation is 1. The Bertz CT molecular complexity index is 921. The van der Waals surface area contributed by atoms with Crippen molar-refractivity contribution in [3.63, 3.8) is 0 Å². The minimum absolute atomic E-state index is 0.129. The van der Waals surface area contributed by atoms with Crippen LogP contribution >= 0.6 is 11.6 Å². The number of benzene rings is 1. The molecule has 0 aliphatic heterocycles. The number of nitrogen functional groups attached to an aromatic ring is 1. The maximum absolute atomic E-state index is 14.5. The van der Waals surface area contributed by atoms with Crippen LogP contribution in [0, 0.1) is 5.82 Å². The lowest BCUT2D eigenvalue weighted by atomic mass is 10.0. The van der Waals surface area contributed by atoms with Gasteiger partial charge in [0.05, 0.1) is 10.7 Å². The number of carbonyl (C=O) groups is 1. The fraction of sp³-hybridized carbons (Fsp3) is 0.0667. The quantitative estimate of drug-likeness (QED) is 0.759. The van der Waals surface area contributed by atoms with E-state index in [1.165, 1.54) is 0 Å². The van der Waals surface area contributed by atoms with Crippen LogP contribution in [0.1, 0.15) is 10.5 Å². The van der Waals surface area contributed by atoms with Gasteiger partial charge in [0.25, 0.3) is 0 Å². The lowest BCUT2D eigenvalue weighted by Gasteiger charge is -2.10. The average Bonchev–Trinajstić information content (AvgIpc) is 2.87. The van der Waals surface area contributed by atoms with Crippen molar-refractivity contribution in [2.24, 2.45) is 7.05 Å². The standard InChI is InChI=1S/C15H11ClFN3O2/c1-20-6-5-7-8(3-2-4-9(7)20)13-11(17)12(18)10(16)14(19-13)15(21)22/h2-6H,1H3,(H2,18,19)(H,21,22). The molecule has 0 saturated carbocycles. The van der Waals surface area contributed by atoms with Crippen LogP contribution < -0.4 is 5.73 Å². The van der Waals surface area contributed by atoms with E-state index in [1.807, 2.05) is 23.9 Å². The monoisotopic (exact) mass is 319 g/mol. The van der Waals surface area contributed by atoms with Crippen LogP contribution in [-0.2, 0) is 7.05 Å². The largest absolute Gasteiger partial charge is 0.476 e. The van der Waals surface area contributed by atoms with E-state index in [0.717, 1.165) is 10.9 Å². The predicted octanol–water partition coefficient (Wildman–Crippen LogP) is 3.31. The summed E-state index contributed by atoms with van der Waals surface area (Å²) in [4.78, 5) is 15.1. The minimum atomic E-state index is -1.36. The van der Waals surface area contributed by atoms with Crippen LogP contribution in [0.5, 0.6) is 0 Å². The molecule has 2 aromatic heterocycles. The molecule has 22 heavy (non-hydrogen) atoms. The first kappa shape index (κ1) is 14.3. The molecule has 112 valence electrons. The van der Waals surface area contributed by atoms with E-state index in [9.17, 15) is 9.18 Å². The third kappa shape index (κ3) is 2.00. The summed E-state index contributed by atoms with van der Waals surface area (Å²) in [7, 11) is 1.86. The van der Waals surface area contributed by atoms with E-state index >= 15 is 0 Å². The maximum atomic E-state index is 14.5. The second-order valence-electron chi connectivity index (χ2n) is 4.82. The molecule has 3 N–H and O–H groups in total. The number of aromatic carboxylic acids is 1. The van der Waals surface area contributed by atoms with Crippen molar-refractivity contribution >= 4 is 34.2 Å². The molecule has 3 aromatic rings. The summed E-state index contributed by atoms with van der Waals surface area (Å²) in [6.07, 6.45) is 1.82. The van der Waals surface area contributed by atoms with Crippen LogP contribution in [0.3, 0.4) is 0 Å². The first-order valence-electron chi connectivity index (χ1n) is 6.34. The fourth-order valence-electron chi connectivity index (χ4n) is 2.39. The minimum Gasteiger partial charge on any atom is -0.476 e. The summed E-state index contributed by atoms with van der Waals surface area (Å²) in [6.45, 7) is 0. The highest BCUT2D eigenvalue weighted by Crippen LogP contribution is 2.35. The molecule has 0 bridgehead atoms. The van der Waals surface area contributed by atoms with Gasteiger partial charge in [-0.25, -0.2) is 14.2 Å². The number of nitrogens with two attached hydrogens (primary N) is 1. The van der Waals surface area contributed by atoms with E-state index < -0.39 is 28.2 Å². The van der Waals surface area contributed by atoms with Gasteiger partial charge in [0.2, 0.25) is 0 Å². The number of carboxylic acid groups (broad SMARTS) is 1. The Labute approximate surface area is 129 Å². The summed E-state index contributed by atoms with van der Waals surface area (Å²) in [6, 6.07) is 7.07. The number of rotatable bonds is 2. The van der Waals surface area contributed by atoms with Gasteiger partial charge in [0.15, 0.2) is 11.5 Å². The number of hydrogen-bond acceptors (Lipinski definition) is 3. The number of pyridine rings is 1. The van der Waals surface area contributed by atoms with Gasteiger partial charge in [0, 0.05) is 29.7 Å². The van der Waals surface area contributed by atoms with Crippen molar-refractivity contribution in [3.05, 3.63) is 47.0 Å². The molecule has 0 unspecified atom stereocenters. The lowest BCUT2D eigenvalue weighted by molar-refractivity contribution is 0.0691. The van der Waals surface area contributed by atoms with Gasteiger partial charge in [-0.15, -0.1) is 0 Å². The van der Waals surface area contributed by atoms with Crippen molar-refractivity contribution in [2.45, 2.75) is 0 Å². The number of aromatic nitrogens is 2. The van der Waals surface area contributed by atoms with Crippen molar-refractivity contribution in [1.29, 1.82) is 0 Å². The normalized spacial score (nSPS) is 11.0. The molecule has 2 heterocycles. The van der Waals surface area contributed by atoms with Gasteiger partial charge < -0.3 is 15.4 Å². The number of nitrogens with zero attached hydrogens (tertiary/aromatic N) is 2. The van der Waals surface area contributed by atoms with Crippen molar-refractivity contribution in [3.8, 4) is 11.3 Å². The summed E-state index contributed by atoms with van der Waals surface area (Å²) >= 11 is 5.76. The summed E-state index contributed by atoms with van der Waals surface area (Å²) in [5.74, 6) is -2.19. The number of halogens is 2. The lowest BCUT2D eigenvalue weighted by Crippen LogP contribution is -2.08. The number of hydrogen-bond donors (Lipinski definition) is 2. The van der Waals surface area contributed by atoms with E-state index in [-0.39, 0.29) is 5.69 Å². The highest BCUT2D eigenvalue weighted by atomic mass is 35.5. The highest BCUT2D eigenvalue weighted by molar-refractivity contribution is 6.35. The summed E-state index contributed by atoms with van der Waals surface area (Å²) in [5, 5.41) is 9.49. The van der Waals surface area contributed by atoms with Crippen LogP contribution in [0.25, 0.3) is 22.2 Å². The molecule has 0 atom stereocenters. The summed E-state index contributed by atoms with van der Waals surface area (Å²) < 4.78 is 16.3. The van der Waals surface area contributed by atoms with Gasteiger partial charge in [-0.1, -0.05) is 23.7 Å². The van der Waals surface area contributed by atoms with E-state index in [2.05, 4.69) is 4.98 Å². The molecule has 1 aromatic carbocycles. The van der Waals surface area contributed by atoms with Crippen LogP contribution in [0.4, 0.5) is 10.1 Å². The Morgan fingerprint density at radius 3 is 2.82 bits per heavy atom. The number of fused-ring (bicyclic) bond motifs is 1. The molecule has 3 rings (SSSR count). The van der Waals surface area contributed by atoms with Gasteiger partial charge in [-0.05, 0) is 12.1 Å². The predicted molar refractivity (Wildman–Crippen MR) is 82.5 cm³/mol. The van der Waals surface area contributed by atoms with E-state index in [4.69, 9.17) is 22.4 Å². The third-order valence-electron chi connectivity index (χ3n) is 3.50. The van der Waals surface area contributed by atoms with Gasteiger partial charge in [0.1, 0.15) is 5.69 Å². The Balaban J connectivity index is 2.38. The molecule has 0 saturated heterocycles. The number of carboxylic acids is 1. The van der Waals surface area contributed by atoms with Crippen LogP contribution in [0.2, 0.25) is 5.02 Å². The zero-order valence-corrected chi connectivity index (χ0v) is 12.2. The zero-order valence-electron chi connectivity index (χ0n) is 11.5. The molecule has 5 nitrogen and oxygen atoms in total. The smallest absolute Gasteiger partial charge is 0.356 e. The second kappa shape index (κ2) is 4.99. The first-order chi connectivity index (χ1) is 10.4. The van der Waals surface area contributed by atoms with Crippen molar-refractivity contribution < 1.29 is 14.3 Å². The Morgan fingerprint density at radius 2 is 2.14 bits per heavy atom. The second-order valence-corrected chi connectivity index (χ2v) is 5.20. The third-order valence-corrected chi connectivity index (χ3v) is 3.88. The van der Waals surface area contributed by atoms with Gasteiger partial charge in [-0.3, -0.25) is 0 Å². The molecule has 0 radical (unpaired) electrons. The Morgan fingerprint density at radius 1 is 1.41 bits per heavy atom. The molecular weight excluding hydrogens is 309 g/mol. The average molecular weight is 320 g/mol. The molecule has 0 aliphatic carbocycles. The molecule has 0 amide bonds. The van der Waals surface area contributed by atoms with Gasteiger partial charge in [-0.2, -0.15) is 0 Å². The number of anilines is 1. The first-order valence-corrected chi connectivity index (χ1v) is 6.71. The fourth-order valence-corrected chi connectivity index (χ4v) is 2.60. The summed E-state index contributed by atoms with van der Waals surface area (Å²) in [5.41, 5.74) is 5.90. The molecule has 0 spiro atoms. The Kier molecular flexibility index (Phi) is 3.26. The topological polar surface area (TPSA) is 81.1 Å². The molecule has 0 fully saturated rings. The highest BCUT2D eigenvalue weighted by Gasteiger charge is 2.23. The van der Waals surface area contributed by atoms with Crippen molar-refractivity contribution in [1.82, 2.24) is 9.55 Å². The molecule has 0 aliphatic rings. The van der Waals surface area contributed by atoms with Crippen molar-refractivity contribution in [2.75, 3.05) is 5.73 Å². The zero-order chi connectivity index (χ0) is 16.0. The molecule has 7 heteroatoms. The van der Waals surface area contributed by atoms with Crippen LogP contribution in [0.15, 0.2) is 30.5 Å². The Hall–Kier alpha value is -2.60. The van der Waals surface area contributed by atoms with Crippen LogP contribution in [-0.4, -0.2) is 20.6 Å².